The third-order valence-corrected chi connectivity index (χ3v) is 8.09. The molecule has 2 aromatic rings. The molecule has 0 aliphatic heterocycles. The van der Waals surface area contributed by atoms with E-state index in [0.717, 1.165) is 53.2 Å². The van der Waals surface area contributed by atoms with Gasteiger partial charge in [0.25, 0.3) is 10.2 Å². The van der Waals surface area contributed by atoms with Crippen LogP contribution in [-0.4, -0.2) is 30.8 Å². The molecule has 1 saturated carbocycles. The number of hydrogen-bond acceptors (Lipinski definition) is 3. The number of benzene rings is 1. The van der Waals surface area contributed by atoms with Gasteiger partial charge >= 0.3 is 0 Å². The Kier molecular flexibility index (Phi) is 7.38. The van der Waals surface area contributed by atoms with E-state index in [4.69, 9.17) is 11.6 Å². The number of aryl methyl sites for hydroxylation is 1. The Morgan fingerprint density at radius 3 is 2.58 bits per heavy atom. The lowest BCUT2D eigenvalue weighted by Crippen LogP contribution is -2.46. The Hall–Kier alpha value is -2.00. The number of aromatic nitrogens is 2. The maximum atomic E-state index is 13.2. The van der Waals surface area contributed by atoms with Crippen molar-refractivity contribution in [3.63, 3.8) is 0 Å². The lowest BCUT2D eigenvalue weighted by Gasteiger charge is -2.23. The van der Waals surface area contributed by atoms with Gasteiger partial charge in [0, 0.05) is 24.7 Å². The van der Waals surface area contributed by atoms with Gasteiger partial charge in [-0.2, -0.15) is 18.2 Å². The number of nitrogens with one attached hydrogen (secondary N) is 2. The fraction of sp³-hybridized carbons (Fsp3) is 0.458. The summed E-state index contributed by atoms with van der Waals surface area (Å²) in [5.41, 5.74) is 3.60. The Balaban J connectivity index is 1.49. The van der Waals surface area contributed by atoms with Crippen molar-refractivity contribution in [3.8, 4) is 11.3 Å². The minimum Gasteiger partial charge on any atom is -0.267 e. The second-order valence-electron chi connectivity index (χ2n) is 8.90. The predicted octanol–water partition coefficient (Wildman–Crippen LogP) is 4.75. The molecular weight excluding hydrogens is 463 g/mol. The van der Waals surface area contributed by atoms with E-state index in [1.807, 2.05) is 32.2 Å². The van der Waals surface area contributed by atoms with Crippen LogP contribution < -0.4 is 9.44 Å². The van der Waals surface area contributed by atoms with E-state index in [1.165, 1.54) is 12.1 Å². The normalized spacial score (nSPS) is 23.5. The summed E-state index contributed by atoms with van der Waals surface area (Å²) in [5, 5.41) is 5.34. The van der Waals surface area contributed by atoms with Crippen molar-refractivity contribution in [3.05, 3.63) is 58.5 Å². The van der Waals surface area contributed by atoms with Gasteiger partial charge in [-0.3, -0.25) is 4.68 Å². The molecule has 0 radical (unpaired) electrons. The van der Waals surface area contributed by atoms with Crippen LogP contribution in [0.2, 0.25) is 0 Å². The summed E-state index contributed by atoms with van der Waals surface area (Å²) in [6.45, 7) is 2.36. The van der Waals surface area contributed by atoms with Gasteiger partial charge < -0.3 is 0 Å². The van der Waals surface area contributed by atoms with Crippen LogP contribution in [-0.2, 0) is 17.3 Å². The summed E-state index contributed by atoms with van der Waals surface area (Å²) < 4.78 is 45.4. The average Bonchev–Trinajstić information content (AvgIpc) is 3.28. The summed E-state index contributed by atoms with van der Waals surface area (Å²) in [6.07, 6.45) is 8.03. The van der Waals surface area contributed by atoms with E-state index in [1.54, 1.807) is 16.8 Å². The summed E-state index contributed by atoms with van der Waals surface area (Å²) in [6, 6.07) is 8.18. The summed E-state index contributed by atoms with van der Waals surface area (Å²) >= 11 is 6.69. The van der Waals surface area contributed by atoms with E-state index in [9.17, 15) is 12.8 Å². The number of nitrogens with zero attached hydrogens (tertiary/aromatic N) is 2. The summed E-state index contributed by atoms with van der Waals surface area (Å²) in [4.78, 5) is 0. The van der Waals surface area contributed by atoms with Gasteiger partial charge in [0.15, 0.2) is 0 Å². The van der Waals surface area contributed by atoms with Gasteiger partial charge in [-0.25, -0.2) is 9.11 Å². The van der Waals surface area contributed by atoms with Crippen molar-refractivity contribution in [1.82, 2.24) is 19.2 Å². The second kappa shape index (κ2) is 10.1. The van der Waals surface area contributed by atoms with E-state index in [-0.39, 0.29) is 23.7 Å². The molecule has 0 saturated heterocycles. The highest BCUT2D eigenvalue weighted by molar-refractivity contribution is 7.87. The number of hydrogen-bond donors (Lipinski definition) is 2. The molecule has 6 nitrogen and oxygen atoms in total. The van der Waals surface area contributed by atoms with Crippen molar-refractivity contribution >= 4 is 27.9 Å². The fourth-order valence-electron chi connectivity index (χ4n) is 4.84. The third kappa shape index (κ3) is 5.74. The van der Waals surface area contributed by atoms with Crippen LogP contribution in [0.4, 0.5) is 4.39 Å². The quantitative estimate of drug-likeness (QED) is 0.558. The molecule has 9 heteroatoms. The van der Waals surface area contributed by atoms with Crippen molar-refractivity contribution in [2.24, 2.45) is 18.9 Å². The molecule has 1 unspecified atom stereocenters. The molecule has 33 heavy (non-hydrogen) atoms. The van der Waals surface area contributed by atoms with Gasteiger partial charge in [-0.15, -0.1) is 0 Å². The van der Waals surface area contributed by atoms with E-state index in [0.29, 0.717) is 13.0 Å². The molecule has 178 valence electrons. The largest absolute Gasteiger partial charge is 0.277 e. The minimum absolute atomic E-state index is 0.112. The molecular formula is C24H30ClFN4O2S. The maximum absolute atomic E-state index is 13.2. The van der Waals surface area contributed by atoms with Crippen LogP contribution in [0.3, 0.4) is 0 Å². The molecule has 1 aromatic carbocycles. The van der Waals surface area contributed by atoms with Crippen LogP contribution in [0.15, 0.2) is 47.0 Å². The maximum Gasteiger partial charge on any atom is 0.277 e. The smallest absolute Gasteiger partial charge is 0.267 e. The molecule has 1 fully saturated rings. The monoisotopic (exact) mass is 492 g/mol. The van der Waals surface area contributed by atoms with E-state index >= 15 is 0 Å². The van der Waals surface area contributed by atoms with Crippen molar-refractivity contribution in [2.45, 2.75) is 45.1 Å². The highest BCUT2D eigenvalue weighted by Crippen LogP contribution is 2.44. The topological polar surface area (TPSA) is 76.0 Å². The zero-order chi connectivity index (χ0) is 23.6. The van der Waals surface area contributed by atoms with Gasteiger partial charge in [0.2, 0.25) is 0 Å². The number of halogens is 2. The Labute approximate surface area is 200 Å². The predicted molar refractivity (Wildman–Crippen MR) is 130 cm³/mol. The molecule has 2 N–H and O–H groups in total. The molecule has 0 amide bonds. The first kappa shape index (κ1) is 24.1. The first-order valence-electron chi connectivity index (χ1n) is 11.4. The first-order chi connectivity index (χ1) is 15.8. The van der Waals surface area contributed by atoms with Crippen molar-refractivity contribution < 1.29 is 12.8 Å². The SMILES string of the molecule is CCCNS(=O)(=O)NC1[C@@H]2CC[C@H]1CC(/C=C/c1cc(-c3ccc(F)cc3)n(C)n1)=C(Cl)C2. The van der Waals surface area contributed by atoms with Crippen molar-refractivity contribution in [2.75, 3.05) is 6.54 Å². The number of rotatable bonds is 8. The third-order valence-electron chi connectivity index (χ3n) is 6.52. The highest BCUT2D eigenvalue weighted by atomic mass is 35.5. The van der Waals surface area contributed by atoms with Gasteiger partial charge in [0.05, 0.1) is 11.4 Å². The zero-order valence-electron chi connectivity index (χ0n) is 18.9. The molecule has 4 rings (SSSR count). The van der Waals surface area contributed by atoms with E-state index < -0.39 is 10.2 Å². The van der Waals surface area contributed by atoms with Gasteiger partial charge in [0.1, 0.15) is 5.82 Å². The molecule has 2 bridgehead atoms. The van der Waals surface area contributed by atoms with Crippen LogP contribution in [0, 0.1) is 17.7 Å². The Bertz CT molecular complexity index is 1160. The molecule has 2 aliphatic rings. The standard InChI is InChI=1S/C24H30ClFN4O2S/c1-3-12-27-33(31,32)29-24-18-4-5-19(24)14-22(25)17(13-18)8-11-21-15-23(30(2)28-21)16-6-9-20(26)10-7-16/h6-11,15,18-19,24,27,29H,3-5,12-14H2,1-2H3/b11-8+/t18-,19+,24?/m0/s1. The van der Waals surface area contributed by atoms with Crippen molar-refractivity contribution in [1.29, 1.82) is 0 Å². The fourth-order valence-corrected chi connectivity index (χ4v) is 6.48. The average molecular weight is 493 g/mol. The van der Waals surface area contributed by atoms with Crippen LogP contribution >= 0.6 is 11.6 Å². The number of allylic oxidation sites excluding steroid dienone is 3. The highest BCUT2D eigenvalue weighted by Gasteiger charge is 2.41. The molecule has 3 atom stereocenters. The molecule has 0 spiro atoms. The number of fused-ring (bicyclic) bond motifs is 2. The second-order valence-corrected chi connectivity index (χ2v) is 10.9. The van der Waals surface area contributed by atoms with Gasteiger partial charge in [-0.05, 0) is 91.5 Å². The first-order valence-corrected chi connectivity index (χ1v) is 13.2. The lowest BCUT2D eigenvalue weighted by atomic mass is 9.95. The summed E-state index contributed by atoms with van der Waals surface area (Å²) in [5.74, 6) is 0.140. The molecule has 2 aliphatic carbocycles. The minimum atomic E-state index is -3.52. The molecule has 1 heterocycles. The summed E-state index contributed by atoms with van der Waals surface area (Å²) in [7, 11) is -1.67. The Morgan fingerprint density at radius 1 is 1.18 bits per heavy atom. The van der Waals surface area contributed by atoms with Crippen LogP contribution in [0.25, 0.3) is 17.3 Å². The van der Waals surface area contributed by atoms with Crippen LogP contribution in [0.5, 0.6) is 0 Å². The van der Waals surface area contributed by atoms with Crippen LogP contribution in [0.1, 0.15) is 44.7 Å². The lowest BCUT2D eigenvalue weighted by molar-refractivity contribution is 0.385. The van der Waals surface area contributed by atoms with Gasteiger partial charge in [-0.1, -0.05) is 24.6 Å². The van der Waals surface area contributed by atoms with E-state index in [2.05, 4.69) is 14.5 Å². The zero-order valence-corrected chi connectivity index (χ0v) is 20.5. The Morgan fingerprint density at radius 2 is 1.88 bits per heavy atom. The molecule has 1 aromatic heterocycles.